The average molecular weight is 295 g/mol. The molecular weight excluding hydrogens is 278 g/mol. The van der Waals surface area contributed by atoms with E-state index in [1.807, 2.05) is 41.1 Å². The molecule has 0 bridgehead atoms. The van der Waals surface area contributed by atoms with Crippen molar-refractivity contribution in [2.24, 2.45) is 0 Å². The molecule has 0 aliphatic heterocycles. The number of carbonyl (C=O) groups is 1. The van der Waals surface area contributed by atoms with Crippen LogP contribution in [0.3, 0.4) is 0 Å². The number of amides is 1. The van der Waals surface area contributed by atoms with Crippen molar-refractivity contribution in [2.75, 3.05) is 0 Å². The third-order valence-electron chi connectivity index (χ3n) is 4.14. The molecule has 3 heterocycles. The molecule has 112 valence electrons. The topological polar surface area (TPSA) is 59.5 Å². The molecule has 1 aliphatic rings. The molecule has 0 radical (unpaired) electrons. The van der Waals surface area contributed by atoms with Crippen molar-refractivity contribution >= 4 is 11.6 Å². The zero-order chi connectivity index (χ0) is 14.9. The Labute approximate surface area is 128 Å². The number of hydrogen-bond acceptors (Lipinski definition) is 3. The van der Waals surface area contributed by atoms with Gasteiger partial charge in [-0.1, -0.05) is 6.07 Å². The standard InChI is InChI=1S/C17H17N3O2/c21-17(10-12-11-20-8-2-1-6-16(20)18-12)19-14-4-3-5-15-13(14)7-9-22-15/h1-2,6-9,11,14H,3-5,10H2,(H,19,21). The minimum Gasteiger partial charge on any atom is -0.469 e. The molecule has 0 fully saturated rings. The Kier molecular flexibility index (Phi) is 3.18. The van der Waals surface area contributed by atoms with Crippen molar-refractivity contribution < 1.29 is 9.21 Å². The van der Waals surface area contributed by atoms with Crippen LogP contribution < -0.4 is 5.32 Å². The fraction of sp³-hybridized carbons (Fsp3) is 0.294. The fourth-order valence-electron chi connectivity index (χ4n) is 3.12. The van der Waals surface area contributed by atoms with Gasteiger partial charge in [-0.15, -0.1) is 0 Å². The Balaban J connectivity index is 1.47. The van der Waals surface area contributed by atoms with Crippen LogP contribution in [-0.4, -0.2) is 15.3 Å². The molecule has 3 aromatic rings. The summed E-state index contributed by atoms with van der Waals surface area (Å²) in [6.07, 6.45) is 8.80. The van der Waals surface area contributed by atoms with E-state index in [0.717, 1.165) is 41.9 Å². The van der Waals surface area contributed by atoms with Gasteiger partial charge in [0.15, 0.2) is 0 Å². The number of aromatic nitrogens is 2. The Hall–Kier alpha value is -2.56. The molecule has 5 heteroatoms. The molecule has 1 unspecified atom stereocenters. The van der Waals surface area contributed by atoms with E-state index in [1.54, 1.807) is 6.26 Å². The fourth-order valence-corrected chi connectivity index (χ4v) is 3.12. The monoisotopic (exact) mass is 295 g/mol. The summed E-state index contributed by atoms with van der Waals surface area (Å²) in [6.45, 7) is 0. The van der Waals surface area contributed by atoms with Crippen LogP contribution in [-0.2, 0) is 17.6 Å². The zero-order valence-corrected chi connectivity index (χ0v) is 12.2. The molecule has 4 rings (SSSR count). The molecule has 22 heavy (non-hydrogen) atoms. The van der Waals surface area contributed by atoms with Crippen LogP contribution in [0.25, 0.3) is 5.65 Å². The Morgan fingerprint density at radius 2 is 2.36 bits per heavy atom. The van der Waals surface area contributed by atoms with Crippen molar-refractivity contribution in [3.05, 3.63) is 59.9 Å². The van der Waals surface area contributed by atoms with Gasteiger partial charge in [-0.2, -0.15) is 0 Å². The number of furan rings is 1. The molecule has 1 N–H and O–H groups in total. The summed E-state index contributed by atoms with van der Waals surface area (Å²) in [5, 5.41) is 3.11. The Morgan fingerprint density at radius 3 is 3.27 bits per heavy atom. The molecule has 0 saturated carbocycles. The van der Waals surface area contributed by atoms with E-state index in [1.165, 1.54) is 0 Å². The highest BCUT2D eigenvalue weighted by atomic mass is 16.3. The minimum absolute atomic E-state index is 0.00227. The minimum atomic E-state index is 0.00227. The van der Waals surface area contributed by atoms with Crippen LogP contribution in [0.4, 0.5) is 0 Å². The molecule has 0 saturated heterocycles. The lowest BCUT2D eigenvalue weighted by Crippen LogP contribution is -2.31. The van der Waals surface area contributed by atoms with Crippen molar-refractivity contribution in [3.63, 3.8) is 0 Å². The molecule has 1 atom stereocenters. The quantitative estimate of drug-likeness (QED) is 0.808. The number of nitrogens with one attached hydrogen (secondary N) is 1. The van der Waals surface area contributed by atoms with Crippen LogP contribution in [0.5, 0.6) is 0 Å². The van der Waals surface area contributed by atoms with Gasteiger partial charge in [0.1, 0.15) is 11.4 Å². The highest BCUT2D eigenvalue weighted by Gasteiger charge is 2.24. The predicted octanol–water partition coefficient (Wildman–Crippen LogP) is 2.66. The molecule has 0 spiro atoms. The maximum Gasteiger partial charge on any atom is 0.226 e. The van der Waals surface area contributed by atoms with Gasteiger partial charge in [0.2, 0.25) is 5.91 Å². The largest absolute Gasteiger partial charge is 0.469 e. The number of aryl methyl sites for hydroxylation is 1. The summed E-state index contributed by atoms with van der Waals surface area (Å²) in [5.74, 6) is 1.01. The zero-order valence-electron chi connectivity index (χ0n) is 12.2. The van der Waals surface area contributed by atoms with Gasteiger partial charge in [-0.3, -0.25) is 4.79 Å². The summed E-state index contributed by atoms with van der Waals surface area (Å²) in [6, 6.07) is 7.84. The number of pyridine rings is 1. The molecule has 5 nitrogen and oxygen atoms in total. The Bertz CT molecular complexity index is 785. The number of imidazole rings is 1. The highest BCUT2D eigenvalue weighted by molar-refractivity contribution is 5.78. The molecule has 1 aliphatic carbocycles. The van der Waals surface area contributed by atoms with Crippen molar-refractivity contribution in [1.29, 1.82) is 0 Å². The van der Waals surface area contributed by atoms with Gasteiger partial charge in [-0.05, 0) is 31.0 Å². The third kappa shape index (κ3) is 2.39. The number of nitrogens with zero attached hydrogens (tertiary/aromatic N) is 2. The second-order valence-corrected chi connectivity index (χ2v) is 5.69. The first-order valence-electron chi connectivity index (χ1n) is 7.58. The second kappa shape index (κ2) is 5.33. The van der Waals surface area contributed by atoms with Crippen molar-refractivity contribution in [1.82, 2.24) is 14.7 Å². The normalized spacial score (nSPS) is 17.4. The lowest BCUT2D eigenvalue weighted by atomic mass is 9.93. The third-order valence-corrected chi connectivity index (χ3v) is 4.14. The SMILES string of the molecule is O=C(Cc1cn2ccccc2n1)NC1CCCc2occc21. The first-order chi connectivity index (χ1) is 10.8. The maximum absolute atomic E-state index is 12.3. The van der Waals surface area contributed by atoms with Crippen LogP contribution in [0, 0.1) is 0 Å². The van der Waals surface area contributed by atoms with Gasteiger partial charge in [-0.25, -0.2) is 4.98 Å². The van der Waals surface area contributed by atoms with Crippen LogP contribution in [0.2, 0.25) is 0 Å². The van der Waals surface area contributed by atoms with E-state index in [9.17, 15) is 4.79 Å². The van der Waals surface area contributed by atoms with Crippen LogP contribution in [0.1, 0.15) is 35.9 Å². The lowest BCUT2D eigenvalue weighted by Gasteiger charge is -2.22. The van der Waals surface area contributed by atoms with Crippen molar-refractivity contribution in [2.45, 2.75) is 31.7 Å². The van der Waals surface area contributed by atoms with Gasteiger partial charge < -0.3 is 14.1 Å². The maximum atomic E-state index is 12.3. The van der Waals surface area contributed by atoms with E-state index < -0.39 is 0 Å². The molecule has 0 aromatic carbocycles. The van der Waals surface area contributed by atoms with Gasteiger partial charge in [0.05, 0.1) is 24.4 Å². The second-order valence-electron chi connectivity index (χ2n) is 5.69. The van der Waals surface area contributed by atoms with Gasteiger partial charge >= 0.3 is 0 Å². The molecule has 3 aromatic heterocycles. The summed E-state index contributed by atoms with van der Waals surface area (Å²) >= 11 is 0. The highest BCUT2D eigenvalue weighted by Crippen LogP contribution is 2.30. The molecule has 1 amide bonds. The smallest absolute Gasteiger partial charge is 0.226 e. The van der Waals surface area contributed by atoms with E-state index in [2.05, 4.69) is 10.3 Å². The number of rotatable bonds is 3. The van der Waals surface area contributed by atoms with Gasteiger partial charge in [0, 0.05) is 24.4 Å². The van der Waals surface area contributed by atoms with Crippen molar-refractivity contribution in [3.8, 4) is 0 Å². The van der Waals surface area contributed by atoms with Crippen LogP contribution in [0.15, 0.2) is 47.3 Å². The van der Waals surface area contributed by atoms with Crippen LogP contribution >= 0.6 is 0 Å². The summed E-state index contributed by atoms with van der Waals surface area (Å²) in [4.78, 5) is 16.8. The van der Waals surface area contributed by atoms with E-state index in [-0.39, 0.29) is 11.9 Å². The predicted molar refractivity (Wildman–Crippen MR) is 81.4 cm³/mol. The first kappa shape index (κ1) is 13.1. The molecular formula is C17H17N3O2. The number of hydrogen-bond donors (Lipinski definition) is 1. The van der Waals surface area contributed by atoms with E-state index in [4.69, 9.17) is 4.42 Å². The number of carbonyl (C=O) groups excluding carboxylic acids is 1. The van der Waals surface area contributed by atoms with E-state index >= 15 is 0 Å². The lowest BCUT2D eigenvalue weighted by molar-refractivity contribution is -0.121. The number of fused-ring (bicyclic) bond motifs is 2. The average Bonchev–Trinajstić information content (AvgIpc) is 3.12. The Morgan fingerprint density at radius 1 is 1.41 bits per heavy atom. The van der Waals surface area contributed by atoms with Gasteiger partial charge in [0.25, 0.3) is 0 Å². The summed E-state index contributed by atoms with van der Waals surface area (Å²) < 4.78 is 7.39. The first-order valence-corrected chi connectivity index (χ1v) is 7.58. The summed E-state index contributed by atoms with van der Waals surface area (Å²) in [5.41, 5.74) is 2.77. The summed E-state index contributed by atoms with van der Waals surface area (Å²) in [7, 11) is 0. The van der Waals surface area contributed by atoms with E-state index in [0.29, 0.717) is 6.42 Å².